The Morgan fingerprint density at radius 3 is 2.76 bits per heavy atom. The van der Waals surface area contributed by atoms with Gasteiger partial charge in [0.2, 0.25) is 0 Å². The van der Waals surface area contributed by atoms with Crippen LogP contribution >= 0.6 is 23.4 Å². The average Bonchev–Trinajstić information content (AvgIpc) is 2.86. The topological polar surface area (TPSA) is 21.3 Å². The molecule has 1 unspecified atom stereocenters. The number of likely N-dealkylation sites (N-methyl/N-ethyl adjacent to an activating group) is 1. The fourth-order valence-corrected chi connectivity index (χ4v) is 2.84. The van der Waals surface area contributed by atoms with Gasteiger partial charge in [-0.25, -0.2) is 0 Å². The molecule has 0 amide bonds. The molecule has 17 heavy (non-hydrogen) atoms. The maximum absolute atomic E-state index is 5.85. The van der Waals surface area contributed by atoms with Crippen LogP contribution in [0.15, 0.2) is 41.0 Å². The lowest BCUT2D eigenvalue weighted by Crippen LogP contribution is -2.30. The van der Waals surface area contributed by atoms with E-state index >= 15 is 0 Å². The number of halogens is 1. The third kappa shape index (κ3) is 3.66. The predicted octanol–water partition coefficient (Wildman–Crippen LogP) is 3.32. The van der Waals surface area contributed by atoms with Gasteiger partial charge in [0.25, 0.3) is 0 Å². The maximum atomic E-state index is 5.85. The van der Waals surface area contributed by atoms with Crippen LogP contribution < -0.4 is 5.32 Å². The van der Waals surface area contributed by atoms with E-state index in [-0.39, 0.29) is 6.04 Å². The number of rotatable bonds is 5. The van der Waals surface area contributed by atoms with Crippen LogP contribution in [0.2, 0.25) is 5.02 Å². The summed E-state index contributed by atoms with van der Waals surface area (Å²) in [6.45, 7) is 0.819. The van der Waals surface area contributed by atoms with Gasteiger partial charge >= 0.3 is 0 Å². The van der Waals surface area contributed by atoms with Gasteiger partial charge in [-0.15, -0.1) is 11.8 Å². The minimum atomic E-state index is 0.290. The standard InChI is InChI=1S/C13H16ClNOS/c1-15-12(13-3-2-8-16-13)9-17-11-6-4-10(14)5-7-11/h3-7,12,15H,2,8-9H2,1H3. The van der Waals surface area contributed by atoms with Gasteiger partial charge < -0.3 is 10.1 Å². The van der Waals surface area contributed by atoms with E-state index < -0.39 is 0 Å². The molecule has 0 fully saturated rings. The van der Waals surface area contributed by atoms with Gasteiger partial charge in [0.15, 0.2) is 0 Å². The molecule has 1 heterocycles. The molecule has 2 nitrogen and oxygen atoms in total. The zero-order valence-corrected chi connectivity index (χ0v) is 11.4. The Hall–Kier alpha value is -0.640. The first-order chi connectivity index (χ1) is 8.29. The van der Waals surface area contributed by atoms with Crippen LogP contribution in [-0.2, 0) is 4.74 Å². The van der Waals surface area contributed by atoms with Crippen LogP contribution in [0.25, 0.3) is 0 Å². The molecule has 0 saturated heterocycles. The molecule has 0 aliphatic carbocycles. The lowest BCUT2D eigenvalue weighted by atomic mass is 10.2. The largest absolute Gasteiger partial charge is 0.496 e. The summed E-state index contributed by atoms with van der Waals surface area (Å²) in [6, 6.07) is 8.22. The normalized spacial score (nSPS) is 16.5. The van der Waals surface area contributed by atoms with Crippen molar-refractivity contribution in [1.82, 2.24) is 5.32 Å². The molecule has 0 radical (unpaired) electrons. The summed E-state index contributed by atoms with van der Waals surface area (Å²) in [4.78, 5) is 1.23. The minimum absolute atomic E-state index is 0.290. The summed E-state index contributed by atoms with van der Waals surface area (Å²) in [6.07, 6.45) is 3.20. The fraction of sp³-hybridized carbons (Fsp3) is 0.385. The van der Waals surface area contributed by atoms with Crippen molar-refractivity contribution in [2.75, 3.05) is 19.4 Å². The van der Waals surface area contributed by atoms with Crippen LogP contribution in [0.3, 0.4) is 0 Å². The van der Waals surface area contributed by atoms with Gasteiger partial charge in [-0.3, -0.25) is 0 Å². The molecule has 1 aromatic carbocycles. The second-order valence-electron chi connectivity index (χ2n) is 3.85. The number of thioether (sulfide) groups is 1. The van der Waals surface area contributed by atoms with E-state index in [0.717, 1.165) is 29.6 Å². The highest BCUT2D eigenvalue weighted by Gasteiger charge is 2.17. The Labute approximate surface area is 111 Å². The molecule has 1 aliphatic rings. The highest BCUT2D eigenvalue weighted by molar-refractivity contribution is 7.99. The van der Waals surface area contributed by atoms with Gasteiger partial charge in [0, 0.05) is 22.1 Å². The van der Waals surface area contributed by atoms with Gasteiger partial charge in [-0.05, 0) is 37.4 Å². The van der Waals surface area contributed by atoms with Crippen molar-refractivity contribution in [3.63, 3.8) is 0 Å². The van der Waals surface area contributed by atoms with Crippen molar-refractivity contribution in [3.8, 4) is 0 Å². The number of nitrogens with one attached hydrogen (secondary N) is 1. The summed E-state index contributed by atoms with van der Waals surface area (Å²) >= 11 is 7.66. The molecule has 4 heteroatoms. The Bertz CT molecular complexity index is 391. The first-order valence-corrected chi connectivity index (χ1v) is 7.04. The quantitative estimate of drug-likeness (QED) is 0.829. The zero-order valence-electron chi connectivity index (χ0n) is 9.78. The first kappa shape index (κ1) is 12.8. The summed E-state index contributed by atoms with van der Waals surface area (Å²) in [5.41, 5.74) is 0. The van der Waals surface area contributed by atoms with Crippen LogP contribution in [0.4, 0.5) is 0 Å². The average molecular weight is 270 g/mol. The number of benzene rings is 1. The molecule has 0 saturated carbocycles. The monoisotopic (exact) mass is 269 g/mol. The number of ether oxygens (including phenoxy) is 1. The van der Waals surface area contributed by atoms with E-state index in [1.165, 1.54) is 4.90 Å². The van der Waals surface area contributed by atoms with Crippen LogP contribution in [-0.4, -0.2) is 25.4 Å². The summed E-state index contributed by atoms with van der Waals surface area (Å²) in [5.74, 6) is 2.04. The molecule has 1 N–H and O–H groups in total. The van der Waals surface area contributed by atoms with Crippen LogP contribution in [0.5, 0.6) is 0 Å². The highest BCUT2D eigenvalue weighted by Crippen LogP contribution is 2.24. The molecule has 1 aliphatic heterocycles. The van der Waals surface area contributed by atoms with Gasteiger partial charge in [-0.1, -0.05) is 11.6 Å². The van der Waals surface area contributed by atoms with Crippen molar-refractivity contribution in [2.45, 2.75) is 17.4 Å². The van der Waals surface area contributed by atoms with E-state index in [4.69, 9.17) is 16.3 Å². The summed E-state index contributed by atoms with van der Waals surface area (Å²) < 4.78 is 5.58. The molecule has 0 bridgehead atoms. The fourth-order valence-electron chi connectivity index (χ4n) is 1.70. The Balaban J connectivity index is 1.89. The van der Waals surface area contributed by atoms with Crippen LogP contribution in [0.1, 0.15) is 6.42 Å². The van der Waals surface area contributed by atoms with Crippen molar-refractivity contribution in [3.05, 3.63) is 41.1 Å². The lowest BCUT2D eigenvalue weighted by molar-refractivity contribution is 0.222. The molecule has 2 rings (SSSR count). The Morgan fingerprint density at radius 1 is 1.41 bits per heavy atom. The highest BCUT2D eigenvalue weighted by atomic mass is 35.5. The lowest BCUT2D eigenvalue weighted by Gasteiger charge is -2.16. The SMILES string of the molecule is CNC(CSc1ccc(Cl)cc1)C1=CCCO1. The van der Waals surface area contributed by atoms with E-state index in [0.29, 0.717) is 0 Å². The summed E-state index contributed by atoms with van der Waals surface area (Å²) in [7, 11) is 1.97. The molecule has 0 spiro atoms. The third-order valence-electron chi connectivity index (χ3n) is 2.65. The van der Waals surface area contributed by atoms with Crippen molar-refractivity contribution < 1.29 is 4.74 Å². The number of hydrogen-bond donors (Lipinski definition) is 1. The van der Waals surface area contributed by atoms with E-state index in [1.807, 2.05) is 31.3 Å². The maximum Gasteiger partial charge on any atom is 0.110 e. The van der Waals surface area contributed by atoms with E-state index in [1.54, 1.807) is 11.8 Å². The van der Waals surface area contributed by atoms with Gasteiger partial charge in [0.1, 0.15) is 5.76 Å². The molecular weight excluding hydrogens is 254 g/mol. The Morgan fingerprint density at radius 2 is 2.18 bits per heavy atom. The second-order valence-corrected chi connectivity index (χ2v) is 5.38. The first-order valence-electron chi connectivity index (χ1n) is 5.68. The van der Waals surface area contributed by atoms with Gasteiger partial charge in [-0.2, -0.15) is 0 Å². The molecule has 92 valence electrons. The zero-order chi connectivity index (χ0) is 12.1. The van der Waals surface area contributed by atoms with Gasteiger partial charge in [0.05, 0.1) is 12.6 Å². The Kier molecular flexibility index (Phi) is 4.77. The molecule has 0 aromatic heterocycles. The van der Waals surface area contributed by atoms with E-state index in [2.05, 4.69) is 11.4 Å². The smallest absolute Gasteiger partial charge is 0.110 e. The third-order valence-corrected chi connectivity index (χ3v) is 4.01. The van der Waals surface area contributed by atoms with E-state index in [9.17, 15) is 0 Å². The second kappa shape index (κ2) is 6.34. The molecular formula is C13H16ClNOS. The van der Waals surface area contributed by atoms with Crippen molar-refractivity contribution in [2.24, 2.45) is 0 Å². The summed E-state index contributed by atoms with van der Waals surface area (Å²) in [5, 5.41) is 4.06. The van der Waals surface area contributed by atoms with Crippen molar-refractivity contribution in [1.29, 1.82) is 0 Å². The number of hydrogen-bond acceptors (Lipinski definition) is 3. The molecule has 1 atom stereocenters. The van der Waals surface area contributed by atoms with Crippen molar-refractivity contribution >= 4 is 23.4 Å². The predicted molar refractivity (Wildman–Crippen MR) is 73.7 cm³/mol. The minimum Gasteiger partial charge on any atom is -0.496 e. The molecule has 1 aromatic rings. The van der Waals surface area contributed by atoms with Crippen LogP contribution in [0, 0.1) is 0 Å².